The smallest absolute Gasteiger partial charge is 0.223 e. The lowest BCUT2D eigenvalue weighted by molar-refractivity contribution is -0.134. The van der Waals surface area contributed by atoms with Crippen LogP contribution in [0.15, 0.2) is 30.3 Å². The first-order chi connectivity index (χ1) is 12.2. The number of methoxy groups -OCH3 is 1. The number of carbonyl (C=O) groups is 1. The summed E-state index contributed by atoms with van der Waals surface area (Å²) in [5.74, 6) is 0.902. The second-order valence-corrected chi connectivity index (χ2v) is 6.84. The number of amides is 1. The van der Waals surface area contributed by atoms with Crippen LogP contribution in [0.3, 0.4) is 0 Å². The molecule has 4 heteroatoms. The van der Waals surface area contributed by atoms with Gasteiger partial charge in [-0.25, -0.2) is 0 Å². The fourth-order valence-corrected chi connectivity index (χ4v) is 4.30. The van der Waals surface area contributed by atoms with Crippen LogP contribution in [0.1, 0.15) is 42.5 Å². The van der Waals surface area contributed by atoms with Gasteiger partial charge in [-0.15, -0.1) is 0 Å². The molecule has 0 radical (unpaired) electrons. The summed E-state index contributed by atoms with van der Waals surface area (Å²) < 4.78 is 5.41. The minimum atomic E-state index is 0.00417. The zero-order valence-corrected chi connectivity index (χ0v) is 14.7. The molecule has 2 aromatic carbocycles. The van der Waals surface area contributed by atoms with Crippen molar-refractivity contribution in [2.75, 3.05) is 13.7 Å². The van der Waals surface area contributed by atoms with E-state index in [1.54, 1.807) is 7.11 Å². The first-order valence-electron chi connectivity index (χ1n) is 8.96. The van der Waals surface area contributed by atoms with Crippen LogP contribution >= 0.6 is 0 Å². The maximum atomic E-state index is 12.7. The summed E-state index contributed by atoms with van der Waals surface area (Å²) in [6, 6.07) is 10.1. The van der Waals surface area contributed by atoms with Crippen LogP contribution in [0.4, 0.5) is 0 Å². The van der Waals surface area contributed by atoms with E-state index in [1.165, 1.54) is 11.1 Å². The van der Waals surface area contributed by atoms with Crippen LogP contribution < -0.4 is 4.74 Å². The Morgan fingerprint density at radius 1 is 1.32 bits per heavy atom. The molecule has 1 atom stereocenters. The number of hydrogen-bond donors (Lipinski definition) is 1. The first-order valence-corrected chi connectivity index (χ1v) is 8.96. The number of ether oxygens (including phenoxy) is 1. The summed E-state index contributed by atoms with van der Waals surface area (Å²) in [7, 11) is 1.58. The summed E-state index contributed by atoms with van der Waals surface area (Å²) in [4.78, 5) is 14.7. The van der Waals surface area contributed by atoms with Crippen molar-refractivity contribution in [3.05, 3.63) is 47.0 Å². The highest BCUT2D eigenvalue weighted by Gasteiger charge is 2.38. The van der Waals surface area contributed by atoms with Gasteiger partial charge in [0, 0.05) is 18.5 Å². The molecule has 1 amide bonds. The van der Waals surface area contributed by atoms with Crippen LogP contribution in [-0.2, 0) is 17.6 Å². The van der Waals surface area contributed by atoms with Gasteiger partial charge in [0.15, 0.2) is 11.5 Å². The maximum absolute atomic E-state index is 12.7. The number of rotatable bonds is 3. The van der Waals surface area contributed by atoms with E-state index in [4.69, 9.17) is 4.74 Å². The molecule has 0 spiro atoms. The van der Waals surface area contributed by atoms with E-state index < -0.39 is 0 Å². The highest BCUT2D eigenvalue weighted by atomic mass is 16.5. The average molecular weight is 337 g/mol. The molecule has 1 aliphatic heterocycles. The molecule has 2 aromatic rings. The van der Waals surface area contributed by atoms with Crippen molar-refractivity contribution in [3.8, 4) is 22.6 Å². The van der Waals surface area contributed by atoms with Crippen LogP contribution in [0.5, 0.6) is 11.5 Å². The van der Waals surface area contributed by atoms with E-state index in [0.717, 1.165) is 42.5 Å². The van der Waals surface area contributed by atoms with E-state index in [1.807, 2.05) is 36.1 Å². The fraction of sp³-hybridized carbons (Fsp3) is 0.381. The Kier molecular flexibility index (Phi) is 3.91. The Morgan fingerprint density at radius 2 is 2.12 bits per heavy atom. The molecule has 130 valence electrons. The van der Waals surface area contributed by atoms with Gasteiger partial charge < -0.3 is 14.7 Å². The van der Waals surface area contributed by atoms with E-state index >= 15 is 0 Å². The van der Waals surface area contributed by atoms with E-state index in [9.17, 15) is 9.90 Å². The normalized spacial score (nSPS) is 17.7. The molecule has 1 heterocycles. The van der Waals surface area contributed by atoms with Gasteiger partial charge in [-0.05, 0) is 47.6 Å². The number of carbonyl (C=O) groups excluding carboxylic acids is 1. The summed E-state index contributed by atoms with van der Waals surface area (Å²) in [5.41, 5.74) is 5.36. The summed E-state index contributed by atoms with van der Waals surface area (Å²) in [6.45, 7) is 2.76. The Balaban J connectivity index is 1.94. The molecule has 25 heavy (non-hydrogen) atoms. The monoisotopic (exact) mass is 337 g/mol. The molecular weight excluding hydrogens is 314 g/mol. The van der Waals surface area contributed by atoms with Gasteiger partial charge in [0.2, 0.25) is 5.91 Å². The van der Waals surface area contributed by atoms with Gasteiger partial charge >= 0.3 is 0 Å². The average Bonchev–Trinajstić information content (AvgIpc) is 2.63. The van der Waals surface area contributed by atoms with Gasteiger partial charge in [0.25, 0.3) is 0 Å². The maximum Gasteiger partial charge on any atom is 0.223 e. The zero-order valence-electron chi connectivity index (χ0n) is 14.7. The van der Waals surface area contributed by atoms with Crippen LogP contribution in [0, 0.1) is 0 Å². The summed E-state index contributed by atoms with van der Waals surface area (Å²) in [6.07, 6.45) is 3.03. The Bertz CT molecular complexity index is 843. The second-order valence-electron chi connectivity index (χ2n) is 6.84. The van der Waals surface area contributed by atoms with Crippen molar-refractivity contribution < 1.29 is 14.6 Å². The lowest BCUT2D eigenvalue weighted by Gasteiger charge is -2.42. The molecule has 1 aliphatic carbocycles. The van der Waals surface area contributed by atoms with Gasteiger partial charge in [-0.3, -0.25) is 4.79 Å². The van der Waals surface area contributed by atoms with Gasteiger partial charge in [0.1, 0.15) is 0 Å². The quantitative estimate of drug-likeness (QED) is 0.925. The van der Waals surface area contributed by atoms with E-state index in [0.29, 0.717) is 12.2 Å². The SMILES string of the molecule is CCCC(=O)N1CCc2cc(OC)c(O)c3c2C1Cc1ccccc1-3. The topological polar surface area (TPSA) is 49.8 Å². The first kappa shape index (κ1) is 16.0. The number of phenols is 1. The van der Waals surface area contributed by atoms with Crippen molar-refractivity contribution in [2.24, 2.45) is 0 Å². The third-order valence-corrected chi connectivity index (χ3v) is 5.43. The second kappa shape index (κ2) is 6.10. The van der Waals surface area contributed by atoms with Crippen molar-refractivity contribution in [1.82, 2.24) is 4.90 Å². The Hall–Kier alpha value is -2.49. The van der Waals surface area contributed by atoms with Gasteiger partial charge in [-0.2, -0.15) is 0 Å². The highest BCUT2D eigenvalue weighted by molar-refractivity contribution is 5.85. The third kappa shape index (κ3) is 2.39. The van der Waals surface area contributed by atoms with Gasteiger partial charge in [-0.1, -0.05) is 31.2 Å². The molecule has 1 unspecified atom stereocenters. The molecule has 0 bridgehead atoms. The standard InChI is InChI=1S/C21H23NO3/c1-3-6-18(23)22-10-9-14-12-17(25-2)21(24)20-15-8-5-4-7-13(15)11-16(22)19(14)20/h4-5,7-8,12,16,24H,3,6,9-11H2,1-2H3. The largest absolute Gasteiger partial charge is 0.504 e. The lowest BCUT2D eigenvalue weighted by atomic mass is 9.76. The van der Waals surface area contributed by atoms with Crippen molar-refractivity contribution in [1.29, 1.82) is 0 Å². The molecule has 0 saturated carbocycles. The molecule has 0 saturated heterocycles. The van der Waals surface area contributed by atoms with Crippen LogP contribution in [0.25, 0.3) is 11.1 Å². The molecular formula is C21H23NO3. The number of phenolic OH excluding ortho intramolecular Hbond substituents is 1. The van der Waals surface area contributed by atoms with E-state index in [-0.39, 0.29) is 17.7 Å². The van der Waals surface area contributed by atoms with Crippen molar-refractivity contribution in [3.63, 3.8) is 0 Å². The number of aromatic hydroxyl groups is 1. The highest BCUT2D eigenvalue weighted by Crippen LogP contribution is 2.52. The van der Waals surface area contributed by atoms with Crippen LogP contribution in [-0.4, -0.2) is 29.6 Å². The molecule has 0 aromatic heterocycles. The number of benzene rings is 2. The minimum absolute atomic E-state index is 0.00417. The lowest BCUT2D eigenvalue weighted by Crippen LogP contribution is -2.42. The molecule has 4 nitrogen and oxygen atoms in total. The molecule has 2 aliphatic rings. The number of nitrogens with zero attached hydrogens (tertiary/aromatic N) is 1. The van der Waals surface area contributed by atoms with Gasteiger partial charge in [0.05, 0.1) is 13.2 Å². The predicted octanol–water partition coefficient (Wildman–Crippen LogP) is 3.85. The predicted molar refractivity (Wildman–Crippen MR) is 96.9 cm³/mol. The number of fused-ring (bicyclic) bond motifs is 2. The molecule has 1 N–H and O–H groups in total. The Labute approximate surface area is 148 Å². The molecule has 0 fully saturated rings. The third-order valence-electron chi connectivity index (χ3n) is 5.43. The molecule has 4 rings (SSSR count). The van der Waals surface area contributed by atoms with E-state index in [2.05, 4.69) is 6.07 Å². The van der Waals surface area contributed by atoms with Crippen molar-refractivity contribution >= 4 is 5.91 Å². The zero-order chi connectivity index (χ0) is 17.6. The Morgan fingerprint density at radius 3 is 2.88 bits per heavy atom. The van der Waals surface area contributed by atoms with Crippen molar-refractivity contribution in [2.45, 2.75) is 38.6 Å². The van der Waals surface area contributed by atoms with Crippen LogP contribution in [0.2, 0.25) is 0 Å². The minimum Gasteiger partial charge on any atom is -0.504 e. The fourth-order valence-electron chi connectivity index (χ4n) is 4.30. The summed E-state index contributed by atoms with van der Waals surface area (Å²) in [5, 5.41) is 10.8. The number of hydrogen-bond acceptors (Lipinski definition) is 3. The summed E-state index contributed by atoms with van der Waals surface area (Å²) >= 11 is 0.